The van der Waals surface area contributed by atoms with Crippen molar-refractivity contribution in [2.24, 2.45) is 0 Å². The van der Waals surface area contributed by atoms with Crippen molar-refractivity contribution >= 4 is 23.2 Å². The van der Waals surface area contributed by atoms with Crippen LogP contribution in [0.5, 0.6) is 11.5 Å². The lowest BCUT2D eigenvalue weighted by Crippen LogP contribution is -2.29. The number of hydrogen-bond donors (Lipinski definition) is 1. The average Bonchev–Trinajstić information content (AvgIpc) is 3.26. The van der Waals surface area contributed by atoms with E-state index in [1.165, 1.54) is 25.3 Å². The van der Waals surface area contributed by atoms with E-state index in [4.69, 9.17) is 9.47 Å². The summed E-state index contributed by atoms with van der Waals surface area (Å²) in [6, 6.07) is 10.8. The quantitative estimate of drug-likeness (QED) is 0.566. The van der Waals surface area contributed by atoms with Gasteiger partial charge in [0.1, 0.15) is 5.75 Å². The van der Waals surface area contributed by atoms with E-state index in [-0.39, 0.29) is 29.7 Å². The van der Waals surface area contributed by atoms with Gasteiger partial charge in [-0.3, -0.25) is 19.7 Å². The molecule has 1 N–H and O–H groups in total. The Bertz CT molecular complexity index is 924. The van der Waals surface area contributed by atoms with Gasteiger partial charge in [-0.25, -0.2) is 0 Å². The fourth-order valence-corrected chi connectivity index (χ4v) is 3.10. The highest BCUT2D eigenvalue weighted by molar-refractivity contribution is 6.04. The molecule has 1 aliphatic heterocycles. The van der Waals surface area contributed by atoms with Crippen molar-refractivity contribution in [3.8, 4) is 11.5 Å². The maximum absolute atomic E-state index is 12.7. The van der Waals surface area contributed by atoms with Gasteiger partial charge in [0.15, 0.2) is 6.61 Å². The molecule has 0 radical (unpaired) electrons. The molecule has 0 spiro atoms. The maximum atomic E-state index is 12.7. The lowest BCUT2D eigenvalue weighted by molar-refractivity contribution is -0.385. The third-order valence-electron chi connectivity index (χ3n) is 4.54. The molecule has 1 saturated heterocycles. The first-order valence-electron chi connectivity index (χ1n) is 9.13. The third-order valence-corrected chi connectivity index (χ3v) is 4.54. The molecule has 2 amide bonds. The first-order chi connectivity index (χ1) is 14.0. The maximum Gasteiger partial charge on any atom is 0.311 e. The molecule has 0 aromatic heterocycles. The van der Waals surface area contributed by atoms with Gasteiger partial charge in [-0.05, 0) is 31.0 Å². The highest BCUT2D eigenvalue weighted by Gasteiger charge is 2.22. The average molecular weight is 399 g/mol. The predicted octanol–water partition coefficient (Wildman–Crippen LogP) is 2.86. The molecule has 1 heterocycles. The van der Waals surface area contributed by atoms with Gasteiger partial charge in [0.25, 0.3) is 11.8 Å². The van der Waals surface area contributed by atoms with Crippen molar-refractivity contribution in [3.05, 3.63) is 58.1 Å². The number of nitro benzene ring substituents is 1. The zero-order chi connectivity index (χ0) is 20.8. The van der Waals surface area contributed by atoms with E-state index in [0.29, 0.717) is 24.3 Å². The molecule has 0 unspecified atom stereocenters. The lowest BCUT2D eigenvalue weighted by Gasteiger charge is -2.18. The van der Waals surface area contributed by atoms with Gasteiger partial charge >= 0.3 is 5.69 Å². The third kappa shape index (κ3) is 4.81. The van der Waals surface area contributed by atoms with Crippen LogP contribution in [0.25, 0.3) is 0 Å². The summed E-state index contributed by atoms with van der Waals surface area (Å²) in [5, 5.41) is 13.6. The molecule has 3 rings (SSSR count). The molecule has 29 heavy (non-hydrogen) atoms. The minimum Gasteiger partial charge on any atom is -0.490 e. The number of nitrogens with one attached hydrogen (secondary N) is 1. The SMILES string of the molecule is COc1cc(OCC(=O)Nc2ccccc2C(=O)N2CCCC2)ccc1[N+](=O)[O-]. The number of anilines is 1. The number of ether oxygens (including phenoxy) is 2. The van der Waals surface area contributed by atoms with Crippen LogP contribution in [0.4, 0.5) is 11.4 Å². The van der Waals surface area contributed by atoms with Crippen molar-refractivity contribution in [1.29, 1.82) is 0 Å². The summed E-state index contributed by atoms with van der Waals surface area (Å²) < 4.78 is 10.4. The Hall–Kier alpha value is -3.62. The Labute approximate surface area is 167 Å². The minimum atomic E-state index is -0.566. The summed E-state index contributed by atoms with van der Waals surface area (Å²) in [7, 11) is 1.31. The van der Waals surface area contributed by atoms with E-state index >= 15 is 0 Å². The second-order valence-corrected chi connectivity index (χ2v) is 6.47. The number of likely N-dealkylation sites (tertiary alicyclic amines) is 1. The minimum absolute atomic E-state index is 0.0365. The van der Waals surface area contributed by atoms with Crippen LogP contribution in [0.15, 0.2) is 42.5 Å². The predicted molar refractivity (Wildman–Crippen MR) is 105 cm³/mol. The Kier molecular flexibility index (Phi) is 6.28. The van der Waals surface area contributed by atoms with Gasteiger partial charge in [0.05, 0.1) is 23.3 Å². The normalized spacial score (nSPS) is 13.1. The van der Waals surface area contributed by atoms with Crippen LogP contribution in [0.1, 0.15) is 23.2 Å². The highest BCUT2D eigenvalue weighted by Crippen LogP contribution is 2.30. The molecule has 9 nitrogen and oxygen atoms in total. The Morgan fingerprint density at radius 1 is 1.17 bits per heavy atom. The van der Waals surface area contributed by atoms with E-state index in [0.717, 1.165) is 12.8 Å². The molecule has 2 aromatic carbocycles. The summed E-state index contributed by atoms with van der Waals surface area (Å²) in [6.45, 7) is 1.10. The van der Waals surface area contributed by atoms with Gasteiger partial charge in [0, 0.05) is 25.2 Å². The molecule has 9 heteroatoms. The van der Waals surface area contributed by atoms with Crippen LogP contribution in [-0.4, -0.2) is 48.4 Å². The van der Waals surface area contributed by atoms with Crippen LogP contribution >= 0.6 is 0 Å². The number of carbonyl (C=O) groups excluding carboxylic acids is 2. The van der Waals surface area contributed by atoms with Crippen molar-refractivity contribution in [3.63, 3.8) is 0 Å². The molecule has 0 atom stereocenters. The summed E-state index contributed by atoms with van der Waals surface area (Å²) in [5.74, 6) is -0.276. The van der Waals surface area contributed by atoms with E-state index < -0.39 is 10.8 Å². The first kappa shape index (κ1) is 20.1. The summed E-state index contributed by atoms with van der Waals surface area (Å²) >= 11 is 0. The largest absolute Gasteiger partial charge is 0.490 e. The number of benzene rings is 2. The molecule has 0 saturated carbocycles. The monoisotopic (exact) mass is 399 g/mol. The standard InChI is InChI=1S/C20H21N3O6/c1-28-18-12-14(8-9-17(18)23(26)27)29-13-19(24)21-16-7-3-2-6-15(16)20(25)22-10-4-5-11-22/h2-3,6-9,12H,4-5,10-11,13H2,1H3,(H,21,24). The van der Waals surface area contributed by atoms with E-state index in [2.05, 4.69) is 5.32 Å². The number of amides is 2. The molecule has 152 valence electrons. The number of rotatable bonds is 7. The number of hydrogen-bond acceptors (Lipinski definition) is 6. The number of nitro groups is 1. The smallest absolute Gasteiger partial charge is 0.311 e. The molecular weight excluding hydrogens is 378 g/mol. The number of carbonyl (C=O) groups is 2. The summed E-state index contributed by atoms with van der Waals surface area (Å²) in [4.78, 5) is 37.1. The van der Waals surface area contributed by atoms with Crippen LogP contribution < -0.4 is 14.8 Å². The molecule has 1 fully saturated rings. The van der Waals surface area contributed by atoms with Crippen molar-refractivity contribution < 1.29 is 24.0 Å². The summed E-state index contributed by atoms with van der Waals surface area (Å²) in [6.07, 6.45) is 1.96. The molecule has 2 aromatic rings. The fraction of sp³-hybridized carbons (Fsp3) is 0.300. The van der Waals surface area contributed by atoms with Crippen LogP contribution in [-0.2, 0) is 4.79 Å². The second-order valence-electron chi connectivity index (χ2n) is 6.47. The lowest BCUT2D eigenvalue weighted by atomic mass is 10.1. The topological polar surface area (TPSA) is 111 Å². The molecule has 0 aliphatic carbocycles. The van der Waals surface area contributed by atoms with Crippen LogP contribution in [0.2, 0.25) is 0 Å². The Morgan fingerprint density at radius 3 is 2.59 bits per heavy atom. The molecule has 1 aliphatic rings. The Morgan fingerprint density at radius 2 is 1.90 bits per heavy atom. The van der Waals surface area contributed by atoms with Gasteiger partial charge in [-0.15, -0.1) is 0 Å². The van der Waals surface area contributed by atoms with Gasteiger partial charge in [-0.1, -0.05) is 12.1 Å². The van der Waals surface area contributed by atoms with Crippen LogP contribution in [0, 0.1) is 10.1 Å². The van der Waals surface area contributed by atoms with Gasteiger partial charge in [0.2, 0.25) is 5.75 Å². The number of para-hydroxylation sites is 1. The number of nitrogens with zero attached hydrogens (tertiary/aromatic N) is 2. The van der Waals surface area contributed by atoms with Crippen LogP contribution in [0.3, 0.4) is 0 Å². The van der Waals surface area contributed by atoms with E-state index in [1.807, 2.05) is 0 Å². The first-order valence-corrected chi connectivity index (χ1v) is 9.13. The van der Waals surface area contributed by atoms with Crippen molar-refractivity contribution in [1.82, 2.24) is 4.90 Å². The zero-order valence-corrected chi connectivity index (χ0v) is 15.9. The van der Waals surface area contributed by atoms with E-state index in [1.54, 1.807) is 29.2 Å². The summed E-state index contributed by atoms with van der Waals surface area (Å²) in [5.41, 5.74) is 0.651. The zero-order valence-electron chi connectivity index (χ0n) is 15.9. The van der Waals surface area contributed by atoms with Crippen molar-refractivity contribution in [2.75, 3.05) is 32.1 Å². The van der Waals surface area contributed by atoms with E-state index in [9.17, 15) is 19.7 Å². The number of methoxy groups -OCH3 is 1. The molecular formula is C20H21N3O6. The Balaban J connectivity index is 1.64. The van der Waals surface area contributed by atoms with Crippen molar-refractivity contribution in [2.45, 2.75) is 12.8 Å². The van der Waals surface area contributed by atoms with Gasteiger partial charge < -0.3 is 19.7 Å². The second kappa shape index (κ2) is 9.05. The molecule has 0 bridgehead atoms. The fourth-order valence-electron chi connectivity index (χ4n) is 3.10. The van der Waals surface area contributed by atoms with Gasteiger partial charge in [-0.2, -0.15) is 0 Å². The highest BCUT2D eigenvalue weighted by atomic mass is 16.6.